The minimum atomic E-state index is 0.601. The molecular weight excluding hydrogens is 164 g/mol. The second kappa shape index (κ2) is 3.81. The van der Waals surface area contributed by atoms with E-state index in [0.717, 1.165) is 10.4 Å². The first-order valence-corrected chi connectivity index (χ1v) is 4.63. The van der Waals surface area contributed by atoms with Crippen molar-refractivity contribution in [1.82, 2.24) is 0 Å². The number of hydrogen-bond donors (Lipinski definition) is 0. The first-order valence-electron chi connectivity index (χ1n) is 4.22. The van der Waals surface area contributed by atoms with E-state index in [-0.39, 0.29) is 0 Å². The molecule has 1 aromatic carbocycles. The molecule has 0 atom stereocenters. The largest absolute Gasteiger partial charge is 0.0846 e. The predicted molar refractivity (Wildman–Crippen MR) is 57.9 cm³/mol. The first-order chi connectivity index (χ1) is 5.61. The molecule has 1 rings (SSSR count). The summed E-state index contributed by atoms with van der Waals surface area (Å²) >= 11 is 5.07. The summed E-state index contributed by atoms with van der Waals surface area (Å²) in [4.78, 5) is 0.963. The zero-order chi connectivity index (χ0) is 9.14. The third-order valence-corrected chi connectivity index (χ3v) is 2.22. The molecule has 0 aromatic heterocycles. The molecule has 0 aliphatic carbocycles. The van der Waals surface area contributed by atoms with Crippen molar-refractivity contribution in [1.29, 1.82) is 0 Å². The normalized spacial score (nSPS) is 10.3. The van der Waals surface area contributed by atoms with Crippen LogP contribution in [-0.2, 0) is 0 Å². The summed E-state index contributed by atoms with van der Waals surface area (Å²) in [5.41, 5.74) is 2.53. The maximum atomic E-state index is 5.07. The maximum absolute atomic E-state index is 5.07. The number of benzene rings is 1. The van der Waals surface area contributed by atoms with Crippen LogP contribution in [0.3, 0.4) is 0 Å². The maximum Gasteiger partial charge on any atom is 0.0193 e. The van der Waals surface area contributed by atoms with Crippen molar-refractivity contribution in [3.63, 3.8) is 0 Å². The van der Waals surface area contributed by atoms with Gasteiger partial charge in [0.1, 0.15) is 0 Å². The molecule has 0 saturated heterocycles. The molecule has 12 heavy (non-hydrogen) atoms. The van der Waals surface area contributed by atoms with Gasteiger partial charge in [0.15, 0.2) is 0 Å². The van der Waals surface area contributed by atoms with Gasteiger partial charge in [0.05, 0.1) is 0 Å². The van der Waals surface area contributed by atoms with Crippen LogP contribution < -0.4 is 0 Å². The first kappa shape index (κ1) is 9.40. The van der Waals surface area contributed by atoms with Crippen LogP contribution in [0.4, 0.5) is 0 Å². The molecule has 0 radical (unpaired) electrons. The van der Waals surface area contributed by atoms with Crippen molar-refractivity contribution < 1.29 is 0 Å². The minimum absolute atomic E-state index is 0.601. The molecule has 0 fully saturated rings. The molecular formula is C11H14S. The third kappa shape index (κ3) is 2.15. The van der Waals surface area contributed by atoms with E-state index in [1.807, 2.05) is 6.92 Å². The second-order valence-corrected chi connectivity index (χ2v) is 3.95. The van der Waals surface area contributed by atoms with Crippen LogP contribution in [-0.4, -0.2) is 4.86 Å². The lowest BCUT2D eigenvalue weighted by Crippen LogP contribution is -1.92. The highest BCUT2D eigenvalue weighted by atomic mass is 32.1. The fraction of sp³-hybridized carbons (Fsp3) is 0.364. The summed E-state index contributed by atoms with van der Waals surface area (Å²) in [6.45, 7) is 6.35. The highest BCUT2D eigenvalue weighted by molar-refractivity contribution is 7.80. The lowest BCUT2D eigenvalue weighted by atomic mass is 10.0. The van der Waals surface area contributed by atoms with E-state index in [2.05, 4.69) is 38.1 Å². The Balaban J connectivity index is 2.93. The van der Waals surface area contributed by atoms with E-state index in [0.29, 0.717) is 5.92 Å². The Kier molecular flexibility index (Phi) is 2.99. The molecule has 1 heteroatoms. The second-order valence-electron chi connectivity index (χ2n) is 3.33. The lowest BCUT2D eigenvalue weighted by Gasteiger charge is -2.05. The Morgan fingerprint density at radius 3 is 2.00 bits per heavy atom. The molecule has 0 nitrogen and oxygen atoms in total. The topological polar surface area (TPSA) is 0 Å². The smallest absolute Gasteiger partial charge is 0.0193 e. The zero-order valence-corrected chi connectivity index (χ0v) is 8.61. The monoisotopic (exact) mass is 178 g/mol. The highest BCUT2D eigenvalue weighted by Crippen LogP contribution is 2.14. The Hall–Kier alpha value is -0.690. The SMILES string of the molecule is CC(=S)c1ccc(C(C)C)cc1. The Morgan fingerprint density at radius 1 is 1.17 bits per heavy atom. The van der Waals surface area contributed by atoms with Gasteiger partial charge in [0.2, 0.25) is 0 Å². The zero-order valence-electron chi connectivity index (χ0n) is 7.79. The summed E-state index contributed by atoms with van der Waals surface area (Å²) in [5.74, 6) is 0.601. The molecule has 0 bridgehead atoms. The van der Waals surface area contributed by atoms with Gasteiger partial charge in [-0.1, -0.05) is 50.3 Å². The van der Waals surface area contributed by atoms with Crippen molar-refractivity contribution >= 4 is 17.1 Å². The Bertz CT molecular complexity index is 270. The Morgan fingerprint density at radius 2 is 1.67 bits per heavy atom. The predicted octanol–water partition coefficient (Wildman–Crippen LogP) is 3.55. The molecule has 0 amide bonds. The molecule has 0 saturated carbocycles. The number of rotatable bonds is 2. The van der Waals surface area contributed by atoms with E-state index in [4.69, 9.17) is 12.2 Å². The molecule has 0 aliphatic heterocycles. The molecule has 1 aromatic rings. The van der Waals surface area contributed by atoms with Crippen LogP contribution in [0.5, 0.6) is 0 Å². The average Bonchev–Trinajstić information content (AvgIpc) is 2.04. The fourth-order valence-electron chi connectivity index (χ4n) is 1.10. The van der Waals surface area contributed by atoms with Crippen LogP contribution in [0.25, 0.3) is 0 Å². The molecule has 0 spiro atoms. The van der Waals surface area contributed by atoms with Crippen LogP contribution in [0.15, 0.2) is 24.3 Å². The van der Waals surface area contributed by atoms with Crippen molar-refractivity contribution in [2.24, 2.45) is 0 Å². The van der Waals surface area contributed by atoms with Crippen LogP contribution in [0.1, 0.15) is 37.8 Å². The number of hydrogen-bond acceptors (Lipinski definition) is 1. The van der Waals surface area contributed by atoms with Gasteiger partial charge in [-0.2, -0.15) is 0 Å². The molecule has 0 N–H and O–H groups in total. The van der Waals surface area contributed by atoms with Crippen LogP contribution >= 0.6 is 12.2 Å². The number of thiocarbonyl (C=S) groups is 1. The van der Waals surface area contributed by atoms with Crippen molar-refractivity contribution in [3.8, 4) is 0 Å². The average molecular weight is 178 g/mol. The van der Waals surface area contributed by atoms with Crippen molar-refractivity contribution in [2.45, 2.75) is 26.7 Å². The van der Waals surface area contributed by atoms with Crippen LogP contribution in [0.2, 0.25) is 0 Å². The van der Waals surface area contributed by atoms with Gasteiger partial charge in [-0.25, -0.2) is 0 Å². The molecule has 0 heterocycles. The summed E-state index contributed by atoms with van der Waals surface area (Å²) in [5, 5.41) is 0. The third-order valence-electron chi connectivity index (χ3n) is 1.98. The molecule has 0 aliphatic rings. The summed E-state index contributed by atoms with van der Waals surface area (Å²) < 4.78 is 0. The summed E-state index contributed by atoms with van der Waals surface area (Å²) in [6.07, 6.45) is 0. The molecule has 0 unspecified atom stereocenters. The summed E-state index contributed by atoms with van der Waals surface area (Å²) in [6, 6.07) is 8.49. The van der Waals surface area contributed by atoms with Gasteiger partial charge in [-0.3, -0.25) is 0 Å². The van der Waals surface area contributed by atoms with E-state index in [9.17, 15) is 0 Å². The van der Waals surface area contributed by atoms with Gasteiger partial charge in [-0.15, -0.1) is 0 Å². The standard InChI is InChI=1S/C11H14S/c1-8(2)10-4-6-11(7-5-10)9(3)12/h4-8H,1-3H3. The molecule has 64 valence electrons. The van der Waals surface area contributed by atoms with Gasteiger partial charge in [-0.05, 0) is 24.0 Å². The quantitative estimate of drug-likeness (QED) is 0.493. The Labute approximate surface area is 79.6 Å². The van der Waals surface area contributed by atoms with Gasteiger partial charge in [0, 0.05) is 4.86 Å². The van der Waals surface area contributed by atoms with E-state index in [1.54, 1.807) is 0 Å². The van der Waals surface area contributed by atoms with Crippen molar-refractivity contribution in [3.05, 3.63) is 35.4 Å². The van der Waals surface area contributed by atoms with E-state index >= 15 is 0 Å². The minimum Gasteiger partial charge on any atom is -0.0846 e. The van der Waals surface area contributed by atoms with E-state index < -0.39 is 0 Å². The summed E-state index contributed by atoms with van der Waals surface area (Å²) in [7, 11) is 0. The van der Waals surface area contributed by atoms with E-state index in [1.165, 1.54) is 5.56 Å². The fourth-order valence-corrected chi connectivity index (χ4v) is 1.24. The lowest BCUT2D eigenvalue weighted by molar-refractivity contribution is 0.866. The van der Waals surface area contributed by atoms with Gasteiger partial charge >= 0.3 is 0 Å². The van der Waals surface area contributed by atoms with Crippen molar-refractivity contribution in [2.75, 3.05) is 0 Å². The van der Waals surface area contributed by atoms with Crippen LogP contribution in [0, 0.1) is 0 Å². The highest BCUT2D eigenvalue weighted by Gasteiger charge is 1.98. The van der Waals surface area contributed by atoms with Gasteiger partial charge in [0.25, 0.3) is 0 Å². The van der Waals surface area contributed by atoms with Gasteiger partial charge < -0.3 is 0 Å².